The van der Waals surface area contributed by atoms with Gasteiger partial charge in [-0.25, -0.2) is 0 Å². The Hall–Kier alpha value is -3.57. The molecular formula is C38H47N3O2. The van der Waals surface area contributed by atoms with E-state index in [1.807, 2.05) is 36.3 Å². The molecule has 2 aromatic heterocycles. The zero-order chi connectivity index (χ0) is 30.4. The largest absolute Gasteiger partial charge is 0.456 e. The van der Waals surface area contributed by atoms with Crippen LogP contribution >= 0.6 is 0 Å². The third kappa shape index (κ3) is 6.10. The Morgan fingerprint density at radius 1 is 0.953 bits per heavy atom. The topological polar surface area (TPSA) is 41.6 Å². The van der Waals surface area contributed by atoms with Crippen molar-refractivity contribution >= 4 is 5.91 Å². The molecule has 1 fully saturated rings. The van der Waals surface area contributed by atoms with Crippen LogP contribution in [0, 0.1) is 6.92 Å². The number of nitrogens with zero attached hydrogens (tertiary/aromatic N) is 3. The molecule has 1 atom stereocenters. The minimum atomic E-state index is -0.0240. The highest BCUT2D eigenvalue weighted by Gasteiger charge is 2.38. The molecule has 0 N–H and O–H groups in total. The Morgan fingerprint density at radius 3 is 2.37 bits per heavy atom. The number of carbonyl (C=O) groups excluding carboxylic acids is 1. The highest BCUT2D eigenvalue weighted by molar-refractivity contribution is 5.91. The Bertz CT molecular complexity index is 1590. The van der Waals surface area contributed by atoms with Crippen molar-refractivity contribution < 1.29 is 9.21 Å². The summed E-state index contributed by atoms with van der Waals surface area (Å²) in [6.07, 6.45) is 6.09. The van der Waals surface area contributed by atoms with Gasteiger partial charge in [-0.05, 0) is 89.1 Å². The van der Waals surface area contributed by atoms with Crippen molar-refractivity contribution in [2.75, 3.05) is 13.1 Å². The molecule has 0 radical (unpaired) electrons. The van der Waals surface area contributed by atoms with E-state index in [-0.39, 0.29) is 22.8 Å². The maximum absolute atomic E-state index is 14.1. The number of hydrogen-bond donors (Lipinski definition) is 0. The Labute approximate surface area is 257 Å². The summed E-state index contributed by atoms with van der Waals surface area (Å²) in [6, 6.07) is 23.6. The number of likely N-dealkylation sites (tertiary alicyclic amines) is 1. The zero-order valence-electron chi connectivity index (χ0n) is 26.8. The molecule has 6 rings (SSSR count). The van der Waals surface area contributed by atoms with Gasteiger partial charge in [-0.1, -0.05) is 70.2 Å². The van der Waals surface area contributed by atoms with Gasteiger partial charge in [0.15, 0.2) is 5.76 Å². The minimum Gasteiger partial charge on any atom is -0.456 e. The molecule has 43 heavy (non-hydrogen) atoms. The standard InChI is InChI=1S/C38H47N3O2/c1-27-21-33-34(38(4,5)18-17-37(33,2)3)23-29(27)22-32-14-15-35(43-32)36(42)41(26-30-13-10-19-39(30)6)31-16-20-40(25-31)24-28-11-8-7-9-12-28/h7-15,19,21,23,31H,16-18,20,22,24-26H2,1-6H3. The molecule has 5 nitrogen and oxygen atoms in total. The van der Waals surface area contributed by atoms with E-state index in [9.17, 15) is 4.79 Å². The normalized spacial score (nSPS) is 19.3. The van der Waals surface area contributed by atoms with Crippen molar-refractivity contribution in [1.29, 1.82) is 0 Å². The number of fused-ring (bicyclic) bond motifs is 1. The molecule has 0 bridgehead atoms. The molecule has 2 aromatic carbocycles. The number of hydrogen-bond acceptors (Lipinski definition) is 3. The quantitative estimate of drug-likeness (QED) is 0.215. The monoisotopic (exact) mass is 577 g/mol. The lowest BCUT2D eigenvalue weighted by Crippen LogP contribution is -2.41. The highest BCUT2D eigenvalue weighted by atomic mass is 16.4. The van der Waals surface area contributed by atoms with Crippen LogP contribution in [-0.4, -0.2) is 39.4 Å². The summed E-state index contributed by atoms with van der Waals surface area (Å²) in [4.78, 5) is 18.6. The van der Waals surface area contributed by atoms with Crippen LogP contribution < -0.4 is 0 Å². The predicted molar refractivity (Wildman–Crippen MR) is 173 cm³/mol. The van der Waals surface area contributed by atoms with E-state index in [0.29, 0.717) is 18.7 Å². The van der Waals surface area contributed by atoms with Gasteiger partial charge in [-0.2, -0.15) is 0 Å². The molecule has 2 aliphatic rings. The van der Waals surface area contributed by atoms with Gasteiger partial charge < -0.3 is 13.9 Å². The second-order valence-electron chi connectivity index (χ2n) is 14.2. The van der Waals surface area contributed by atoms with E-state index in [1.54, 1.807) is 0 Å². The van der Waals surface area contributed by atoms with Crippen molar-refractivity contribution in [3.8, 4) is 0 Å². The summed E-state index contributed by atoms with van der Waals surface area (Å²) < 4.78 is 8.45. The van der Waals surface area contributed by atoms with E-state index < -0.39 is 0 Å². The molecule has 5 heteroatoms. The summed E-state index contributed by atoms with van der Waals surface area (Å²) in [5.41, 5.74) is 8.30. The van der Waals surface area contributed by atoms with Gasteiger partial charge in [-0.15, -0.1) is 0 Å². The maximum atomic E-state index is 14.1. The van der Waals surface area contributed by atoms with Gasteiger partial charge in [0.1, 0.15) is 5.76 Å². The molecule has 4 aromatic rings. The first-order chi connectivity index (χ1) is 20.5. The average molecular weight is 578 g/mol. The Balaban J connectivity index is 1.22. The smallest absolute Gasteiger partial charge is 0.290 e. The van der Waals surface area contributed by atoms with Crippen LogP contribution in [0.3, 0.4) is 0 Å². The van der Waals surface area contributed by atoms with Crippen LogP contribution in [0.25, 0.3) is 0 Å². The number of aryl methyl sites for hydroxylation is 2. The number of benzene rings is 2. The summed E-state index contributed by atoms with van der Waals surface area (Å²) in [6.45, 7) is 15.0. The van der Waals surface area contributed by atoms with Crippen LogP contribution in [0.4, 0.5) is 0 Å². The Morgan fingerprint density at radius 2 is 1.67 bits per heavy atom. The van der Waals surface area contributed by atoms with Gasteiger partial charge in [0.25, 0.3) is 5.91 Å². The fourth-order valence-corrected chi connectivity index (χ4v) is 7.13. The van der Waals surface area contributed by atoms with Crippen LogP contribution in [0.1, 0.15) is 96.8 Å². The molecule has 1 aliphatic heterocycles. The zero-order valence-corrected chi connectivity index (χ0v) is 26.8. The van der Waals surface area contributed by atoms with Crippen LogP contribution in [0.15, 0.2) is 77.3 Å². The van der Waals surface area contributed by atoms with E-state index in [0.717, 1.165) is 37.5 Å². The third-order valence-electron chi connectivity index (χ3n) is 10.1. The van der Waals surface area contributed by atoms with Crippen LogP contribution in [0.5, 0.6) is 0 Å². The molecule has 226 valence electrons. The summed E-state index contributed by atoms with van der Waals surface area (Å²) in [7, 11) is 2.04. The van der Waals surface area contributed by atoms with E-state index >= 15 is 0 Å². The first-order valence-corrected chi connectivity index (χ1v) is 15.9. The minimum absolute atomic E-state index is 0.0240. The lowest BCUT2D eigenvalue weighted by molar-refractivity contribution is 0.0625. The summed E-state index contributed by atoms with van der Waals surface area (Å²) in [5.74, 6) is 1.25. The van der Waals surface area contributed by atoms with Crippen molar-refractivity contribution in [3.63, 3.8) is 0 Å². The fraction of sp³-hybridized carbons (Fsp3) is 0.447. The molecule has 1 aliphatic carbocycles. The Kier molecular flexibility index (Phi) is 7.89. The molecule has 1 unspecified atom stereocenters. The van der Waals surface area contributed by atoms with Crippen molar-refractivity contribution in [2.45, 2.75) is 90.3 Å². The van der Waals surface area contributed by atoms with Gasteiger partial charge in [0, 0.05) is 51.0 Å². The SMILES string of the molecule is Cc1cc2c(cc1Cc1ccc(C(=O)N(Cc3cccn3C)C3CCN(Cc4ccccc4)C3)o1)C(C)(C)CCC2(C)C. The van der Waals surface area contributed by atoms with Crippen molar-refractivity contribution in [2.24, 2.45) is 7.05 Å². The van der Waals surface area contributed by atoms with E-state index in [4.69, 9.17) is 4.42 Å². The summed E-state index contributed by atoms with van der Waals surface area (Å²) >= 11 is 0. The van der Waals surface area contributed by atoms with E-state index in [1.165, 1.54) is 40.7 Å². The molecule has 1 saturated heterocycles. The van der Waals surface area contributed by atoms with Crippen molar-refractivity contribution in [3.05, 3.63) is 118 Å². The van der Waals surface area contributed by atoms with Gasteiger partial charge in [0.2, 0.25) is 0 Å². The molecule has 0 saturated carbocycles. The van der Waals surface area contributed by atoms with Crippen LogP contribution in [-0.2, 0) is 37.4 Å². The average Bonchev–Trinajstić information content (AvgIpc) is 3.73. The number of amides is 1. The van der Waals surface area contributed by atoms with Gasteiger partial charge in [0.05, 0.1) is 6.54 Å². The molecule has 0 spiro atoms. The molecule has 1 amide bonds. The molecular weight excluding hydrogens is 530 g/mol. The number of aromatic nitrogens is 1. The fourth-order valence-electron chi connectivity index (χ4n) is 7.13. The lowest BCUT2D eigenvalue weighted by atomic mass is 9.62. The summed E-state index contributed by atoms with van der Waals surface area (Å²) in [5, 5.41) is 0. The molecule has 3 heterocycles. The lowest BCUT2D eigenvalue weighted by Gasteiger charge is -2.42. The first kappa shape index (κ1) is 29.5. The second-order valence-corrected chi connectivity index (χ2v) is 14.2. The predicted octanol–water partition coefficient (Wildman–Crippen LogP) is 7.78. The number of carbonyl (C=O) groups is 1. The second kappa shape index (κ2) is 11.5. The van der Waals surface area contributed by atoms with Gasteiger partial charge in [-0.3, -0.25) is 9.69 Å². The maximum Gasteiger partial charge on any atom is 0.290 e. The number of furan rings is 1. The van der Waals surface area contributed by atoms with Gasteiger partial charge >= 0.3 is 0 Å². The van der Waals surface area contributed by atoms with E-state index in [2.05, 4.69) is 92.6 Å². The number of rotatable bonds is 8. The van der Waals surface area contributed by atoms with Crippen molar-refractivity contribution in [1.82, 2.24) is 14.4 Å². The van der Waals surface area contributed by atoms with Crippen LogP contribution in [0.2, 0.25) is 0 Å². The third-order valence-corrected chi connectivity index (χ3v) is 10.1. The highest BCUT2D eigenvalue weighted by Crippen LogP contribution is 2.46. The first-order valence-electron chi connectivity index (χ1n) is 15.9.